The van der Waals surface area contributed by atoms with Gasteiger partial charge in [0.05, 0.1) is 13.2 Å². The molecular weight excluding hydrogens is 156 g/mol. The van der Waals surface area contributed by atoms with Gasteiger partial charge in [-0.25, -0.2) is 0 Å². The molecule has 0 radical (unpaired) electrons. The van der Waals surface area contributed by atoms with E-state index in [1.165, 1.54) is 0 Å². The van der Waals surface area contributed by atoms with Crippen LogP contribution in [0.25, 0.3) is 0 Å². The van der Waals surface area contributed by atoms with Crippen molar-refractivity contribution < 1.29 is 14.3 Å². The first-order valence-corrected chi connectivity index (χ1v) is 4.29. The average Bonchev–Trinajstić information content (AvgIpc) is 2.56. The highest BCUT2D eigenvalue weighted by molar-refractivity contribution is 5.90. The van der Waals surface area contributed by atoms with Gasteiger partial charge in [0.2, 0.25) is 0 Å². The van der Waals surface area contributed by atoms with Gasteiger partial charge in [-0.3, -0.25) is 4.79 Å². The molecule has 2 rings (SSSR count). The molecule has 12 heavy (non-hydrogen) atoms. The van der Waals surface area contributed by atoms with Crippen LogP contribution in [0.1, 0.15) is 12.8 Å². The van der Waals surface area contributed by atoms with Crippen molar-refractivity contribution in [3.63, 3.8) is 0 Å². The van der Waals surface area contributed by atoms with Gasteiger partial charge in [-0.15, -0.1) is 0 Å². The van der Waals surface area contributed by atoms with Gasteiger partial charge < -0.3 is 9.47 Å². The summed E-state index contributed by atoms with van der Waals surface area (Å²) in [6.07, 6.45) is 4.88. The summed E-state index contributed by atoms with van der Waals surface area (Å²) in [6, 6.07) is 0. The second-order valence-corrected chi connectivity index (χ2v) is 3.18. The molecule has 0 bridgehead atoms. The molecule has 0 aromatic heterocycles. The van der Waals surface area contributed by atoms with E-state index in [9.17, 15) is 4.79 Å². The molecule has 0 saturated carbocycles. The fourth-order valence-corrected chi connectivity index (χ4v) is 1.64. The molecule has 1 fully saturated rings. The maximum Gasteiger partial charge on any atom is 0.161 e. The minimum absolute atomic E-state index is 0.140. The maximum absolute atomic E-state index is 11.0. The minimum atomic E-state index is -0.140. The van der Waals surface area contributed by atoms with Crippen LogP contribution in [0.4, 0.5) is 0 Å². The van der Waals surface area contributed by atoms with Crippen molar-refractivity contribution in [1.82, 2.24) is 0 Å². The molecule has 2 aliphatic rings. The lowest BCUT2D eigenvalue weighted by Gasteiger charge is -2.21. The van der Waals surface area contributed by atoms with E-state index in [0.717, 1.165) is 6.42 Å². The van der Waals surface area contributed by atoms with E-state index in [4.69, 9.17) is 9.47 Å². The fourth-order valence-electron chi connectivity index (χ4n) is 1.64. The summed E-state index contributed by atoms with van der Waals surface area (Å²) < 4.78 is 10.7. The summed E-state index contributed by atoms with van der Waals surface area (Å²) in [4.78, 5) is 11.0. The van der Waals surface area contributed by atoms with Crippen molar-refractivity contribution >= 4 is 5.78 Å². The summed E-state index contributed by atoms with van der Waals surface area (Å²) in [7, 11) is 0. The summed E-state index contributed by atoms with van der Waals surface area (Å²) in [5.41, 5.74) is 0. The standard InChI is InChI=1S/C9H12O3/c10-8-3-1-2-7(6-8)9-11-4-5-12-9/h1,3,7,9H,2,4-6H2. The van der Waals surface area contributed by atoms with Crippen LogP contribution in [-0.2, 0) is 14.3 Å². The molecule has 0 spiro atoms. The first-order valence-electron chi connectivity index (χ1n) is 4.29. The van der Waals surface area contributed by atoms with E-state index in [0.29, 0.717) is 19.6 Å². The molecule has 0 amide bonds. The molecule has 1 unspecified atom stereocenters. The number of carbonyl (C=O) groups is 1. The van der Waals surface area contributed by atoms with Gasteiger partial charge in [-0.05, 0) is 12.5 Å². The van der Waals surface area contributed by atoms with Crippen LogP contribution in [0.15, 0.2) is 12.2 Å². The maximum atomic E-state index is 11.0. The number of hydrogen-bond donors (Lipinski definition) is 0. The second-order valence-electron chi connectivity index (χ2n) is 3.18. The van der Waals surface area contributed by atoms with E-state index in [1.54, 1.807) is 6.08 Å². The predicted octanol–water partition coefficient (Wildman–Crippen LogP) is 0.895. The number of allylic oxidation sites excluding steroid dienone is 2. The topological polar surface area (TPSA) is 35.5 Å². The molecule has 1 aliphatic heterocycles. The Morgan fingerprint density at radius 1 is 1.33 bits per heavy atom. The van der Waals surface area contributed by atoms with Crippen molar-refractivity contribution in [2.45, 2.75) is 19.1 Å². The van der Waals surface area contributed by atoms with Crippen LogP contribution < -0.4 is 0 Å². The van der Waals surface area contributed by atoms with Gasteiger partial charge in [-0.2, -0.15) is 0 Å². The van der Waals surface area contributed by atoms with E-state index in [-0.39, 0.29) is 18.0 Å². The molecule has 66 valence electrons. The first kappa shape index (κ1) is 7.95. The Morgan fingerprint density at radius 3 is 2.75 bits per heavy atom. The third-order valence-corrected chi connectivity index (χ3v) is 2.24. The van der Waals surface area contributed by atoms with E-state index < -0.39 is 0 Å². The van der Waals surface area contributed by atoms with Gasteiger partial charge in [-0.1, -0.05) is 6.08 Å². The molecule has 3 nitrogen and oxygen atoms in total. The highest BCUT2D eigenvalue weighted by Gasteiger charge is 2.28. The minimum Gasteiger partial charge on any atom is -0.350 e. The van der Waals surface area contributed by atoms with Crippen molar-refractivity contribution in [2.75, 3.05) is 13.2 Å². The van der Waals surface area contributed by atoms with Crippen LogP contribution in [-0.4, -0.2) is 25.3 Å². The highest BCUT2D eigenvalue weighted by atomic mass is 16.7. The lowest BCUT2D eigenvalue weighted by atomic mass is 9.93. The van der Waals surface area contributed by atoms with Crippen molar-refractivity contribution in [3.8, 4) is 0 Å². The Bertz CT molecular complexity index is 204. The van der Waals surface area contributed by atoms with Crippen LogP contribution in [0.3, 0.4) is 0 Å². The molecule has 1 atom stereocenters. The fraction of sp³-hybridized carbons (Fsp3) is 0.667. The average molecular weight is 168 g/mol. The van der Waals surface area contributed by atoms with Crippen LogP contribution in [0.5, 0.6) is 0 Å². The van der Waals surface area contributed by atoms with Crippen molar-refractivity contribution in [1.29, 1.82) is 0 Å². The molecule has 0 aromatic rings. The zero-order valence-corrected chi connectivity index (χ0v) is 6.86. The molecule has 0 aromatic carbocycles. The van der Waals surface area contributed by atoms with E-state index in [1.807, 2.05) is 6.08 Å². The molecule has 1 heterocycles. The molecule has 3 heteroatoms. The number of carbonyl (C=O) groups excluding carboxylic acids is 1. The van der Waals surface area contributed by atoms with Gasteiger partial charge in [0.1, 0.15) is 0 Å². The Hall–Kier alpha value is -0.670. The van der Waals surface area contributed by atoms with Crippen LogP contribution in [0, 0.1) is 5.92 Å². The predicted molar refractivity (Wildman–Crippen MR) is 42.6 cm³/mol. The lowest BCUT2D eigenvalue weighted by molar-refractivity contribution is -0.123. The number of rotatable bonds is 1. The number of hydrogen-bond acceptors (Lipinski definition) is 3. The summed E-state index contributed by atoms with van der Waals surface area (Å²) in [5.74, 6) is 0.426. The third-order valence-electron chi connectivity index (χ3n) is 2.24. The molecule has 0 N–H and O–H groups in total. The zero-order chi connectivity index (χ0) is 8.39. The van der Waals surface area contributed by atoms with E-state index >= 15 is 0 Å². The van der Waals surface area contributed by atoms with Crippen molar-refractivity contribution in [3.05, 3.63) is 12.2 Å². The number of ketones is 1. The Kier molecular flexibility index (Phi) is 2.23. The monoisotopic (exact) mass is 168 g/mol. The Labute approximate surface area is 71.3 Å². The molecule has 1 aliphatic carbocycles. The highest BCUT2D eigenvalue weighted by Crippen LogP contribution is 2.24. The summed E-state index contributed by atoms with van der Waals surface area (Å²) >= 11 is 0. The number of ether oxygens (including phenoxy) is 2. The quantitative estimate of drug-likeness (QED) is 0.583. The Morgan fingerprint density at radius 2 is 2.08 bits per heavy atom. The largest absolute Gasteiger partial charge is 0.350 e. The smallest absolute Gasteiger partial charge is 0.161 e. The first-order chi connectivity index (χ1) is 5.86. The van der Waals surface area contributed by atoms with Gasteiger partial charge in [0.25, 0.3) is 0 Å². The Balaban J connectivity index is 1.95. The van der Waals surface area contributed by atoms with Crippen molar-refractivity contribution in [2.24, 2.45) is 5.92 Å². The SMILES string of the molecule is O=C1C=CCC(C2OCCO2)C1. The summed E-state index contributed by atoms with van der Waals surface area (Å²) in [5, 5.41) is 0. The van der Waals surface area contributed by atoms with E-state index in [2.05, 4.69) is 0 Å². The zero-order valence-electron chi connectivity index (χ0n) is 6.86. The van der Waals surface area contributed by atoms with Gasteiger partial charge in [0.15, 0.2) is 12.1 Å². The van der Waals surface area contributed by atoms with Crippen LogP contribution in [0.2, 0.25) is 0 Å². The second kappa shape index (κ2) is 3.37. The lowest BCUT2D eigenvalue weighted by Crippen LogP contribution is -2.25. The van der Waals surface area contributed by atoms with Gasteiger partial charge in [0, 0.05) is 12.3 Å². The normalized spacial score (nSPS) is 31.3. The molecule has 1 saturated heterocycles. The third kappa shape index (κ3) is 1.57. The summed E-state index contributed by atoms with van der Waals surface area (Å²) in [6.45, 7) is 1.33. The molecular formula is C9H12O3. The van der Waals surface area contributed by atoms with Crippen LogP contribution >= 0.6 is 0 Å². The van der Waals surface area contributed by atoms with Gasteiger partial charge >= 0.3 is 0 Å².